The number of halogens is 1. The molecule has 0 aliphatic rings. The van der Waals surface area contributed by atoms with Gasteiger partial charge in [0, 0.05) is 21.3 Å². The van der Waals surface area contributed by atoms with Crippen LogP contribution in [-0.2, 0) is 6.42 Å². The van der Waals surface area contributed by atoms with E-state index >= 15 is 0 Å². The third kappa shape index (κ3) is 3.36. The van der Waals surface area contributed by atoms with Gasteiger partial charge in [-0.15, -0.1) is 11.3 Å². The van der Waals surface area contributed by atoms with Gasteiger partial charge in [0.1, 0.15) is 10.4 Å². The smallest absolute Gasteiger partial charge is 0.267 e. The Labute approximate surface area is 182 Å². The first-order valence-electron chi connectivity index (χ1n) is 9.60. The summed E-state index contributed by atoms with van der Waals surface area (Å²) >= 11 is 7.80. The first-order chi connectivity index (χ1) is 14.6. The van der Waals surface area contributed by atoms with Gasteiger partial charge in [0.05, 0.1) is 5.02 Å². The van der Waals surface area contributed by atoms with E-state index in [9.17, 15) is 4.79 Å². The van der Waals surface area contributed by atoms with Gasteiger partial charge < -0.3 is 9.73 Å². The third-order valence-electron chi connectivity index (χ3n) is 4.99. The number of anilines is 1. The van der Waals surface area contributed by atoms with E-state index in [1.807, 2.05) is 60.7 Å². The Balaban J connectivity index is 1.38. The lowest BCUT2D eigenvalue weighted by atomic mass is 10.1. The summed E-state index contributed by atoms with van der Waals surface area (Å²) in [7, 11) is 0. The fourth-order valence-electron chi connectivity index (χ4n) is 3.36. The topological polar surface area (TPSA) is 55.1 Å². The van der Waals surface area contributed by atoms with Crippen molar-refractivity contribution in [1.82, 2.24) is 4.98 Å². The number of carbonyl (C=O) groups excluding carboxylic acids is 1. The standard InChI is InChI=1S/C24H17ClN2O2S/c1-2-14-7-12-19-18(13-14)27-24(29-19)15-8-10-16(11-9-15)26-23(28)22-21(25)17-5-3-4-6-20(17)30-22/h3-13H,2H2,1H3,(H,26,28). The molecule has 148 valence electrons. The number of carbonyl (C=O) groups is 1. The van der Waals surface area contributed by atoms with E-state index in [4.69, 9.17) is 16.0 Å². The van der Waals surface area contributed by atoms with E-state index in [2.05, 4.69) is 23.3 Å². The Morgan fingerprint density at radius 2 is 1.90 bits per heavy atom. The molecule has 0 atom stereocenters. The van der Waals surface area contributed by atoms with Crippen LogP contribution in [0, 0.1) is 0 Å². The van der Waals surface area contributed by atoms with E-state index in [0.29, 0.717) is 21.5 Å². The van der Waals surface area contributed by atoms with Crippen LogP contribution in [-0.4, -0.2) is 10.9 Å². The van der Waals surface area contributed by atoms with E-state index in [1.54, 1.807) is 0 Å². The van der Waals surface area contributed by atoms with Crippen molar-refractivity contribution < 1.29 is 9.21 Å². The lowest BCUT2D eigenvalue weighted by Crippen LogP contribution is -2.10. The van der Waals surface area contributed by atoms with Crippen LogP contribution >= 0.6 is 22.9 Å². The molecule has 4 nitrogen and oxygen atoms in total. The zero-order chi connectivity index (χ0) is 20.7. The maximum atomic E-state index is 12.7. The Bertz CT molecular complexity index is 1390. The molecule has 5 rings (SSSR count). The average molecular weight is 433 g/mol. The number of amides is 1. The molecule has 0 saturated heterocycles. The second-order valence-corrected chi connectivity index (χ2v) is 8.38. The van der Waals surface area contributed by atoms with Crippen LogP contribution in [0.15, 0.2) is 71.1 Å². The quantitative estimate of drug-likeness (QED) is 0.327. The maximum absolute atomic E-state index is 12.7. The molecule has 30 heavy (non-hydrogen) atoms. The normalized spacial score (nSPS) is 11.3. The Hall–Kier alpha value is -3.15. The third-order valence-corrected chi connectivity index (χ3v) is 6.67. The fourth-order valence-corrected chi connectivity index (χ4v) is 4.77. The second-order valence-electron chi connectivity index (χ2n) is 6.95. The van der Waals surface area contributed by atoms with Crippen molar-refractivity contribution in [2.75, 3.05) is 5.32 Å². The number of nitrogens with zero attached hydrogens (tertiary/aromatic N) is 1. The molecule has 1 amide bonds. The van der Waals surface area contributed by atoms with Gasteiger partial charge in [-0.05, 0) is 54.4 Å². The second kappa shape index (κ2) is 7.59. The highest BCUT2D eigenvalue weighted by Gasteiger charge is 2.17. The van der Waals surface area contributed by atoms with Crippen molar-refractivity contribution in [1.29, 1.82) is 0 Å². The van der Waals surface area contributed by atoms with E-state index in [-0.39, 0.29) is 5.91 Å². The summed E-state index contributed by atoms with van der Waals surface area (Å²) in [5, 5.41) is 4.30. The summed E-state index contributed by atoms with van der Waals surface area (Å²) in [4.78, 5) is 17.8. The van der Waals surface area contributed by atoms with Gasteiger partial charge >= 0.3 is 0 Å². The first-order valence-corrected chi connectivity index (χ1v) is 10.8. The lowest BCUT2D eigenvalue weighted by molar-refractivity contribution is 0.103. The zero-order valence-electron chi connectivity index (χ0n) is 16.1. The van der Waals surface area contributed by atoms with Crippen molar-refractivity contribution >= 4 is 55.7 Å². The van der Waals surface area contributed by atoms with Crippen LogP contribution in [0.1, 0.15) is 22.2 Å². The van der Waals surface area contributed by atoms with Gasteiger partial charge in [-0.3, -0.25) is 4.79 Å². The van der Waals surface area contributed by atoms with Crippen molar-refractivity contribution in [2.24, 2.45) is 0 Å². The molecular weight excluding hydrogens is 416 g/mol. The highest BCUT2D eigenvalue weighted by molar-refractivity contribution is 7.21. The van der Waals surface area contributed by atoms with Gasteiger partial charge in [0.2, 0.25) is 5.89 Å². The van der Waals surface area contributed by atoms with Crippen LogP contribution in [0.5, 0.6) is 0 Å². The number of oxazole rings is 1. The molecule has 2 heterocycles. The molecular formula is C24H17ClN2O2S. The van der Waals surface area contributed by atoms with Crippen LogP contribution in [0.2, 0.25) is 5.02 Å². The van der Waals surface area contributed by atoms with Crippen LogP contribution < -0.4 is 5.32 Å². The SMILES string of the molecule is CCc1ccc2oc(-c3ccc(NC(=O)c4sc5ccccc5c4Cl)cc3)nc2c1. The van der Waals surface area contributed by atoms with E-state index < -0.39 is 0 Å². The molecule has 6 heteroatoms. The largest absolute Gasteiger partial charge is 0.436 e. The van der Waals surface area contributed by atoms with Crippen LogP contribution in [0.3, 0.4) is 0 Å². The first kappa shape index (κ1) is 18.9. The fraction of sp³-hybridized carbons (Fsp3) is 0.0833. The van der Waals surface area contributed by atoms with Gasteiger partial charge in [-0.2, -0.15) is 0 Å². The summed E-state index contributed by atoms with van der Waals surface area (Å²) < 4.78 is 6.87. The number of fused-ring (bicyclic) bond motifs is 2. The highest BCUT2D eigenvalue weighted by atomic mass is 35.5. The number of hydrogen-bond donors (Lipinski definition) is 1. The van der Waals surface area contributed by atoms with Gasteiger partial charge in [0.15, 0.2) is 5.58 Å². The Morgan fingerprint density at radius 1 is 1.10 bits per heavy atom. The van der Waals surface area contributed by atoms with Crippen molar-refractivity contribution in [3.63, 3.8) is 0 Å². The van der Waals surface area contributed by atoms with Crippen LogP contribution in [0.25, 0.3) is 32.6 Å². The predicted molar refractivity (Wildman–Crippen MR) is 124 cm³/mol. The van der Waals surface area contributed by atoms with Gasteiger partial charge in [-0.25, -0.2) is 4.98 Å². The summed E-state index contributed by atoms with van der Waals surface area (Å²) in [6, 6.07) is 21.2. The van der Waals surface area contributed by atoms with E-state index in [0.717, 1.165) is 33.2 Å². The minimum atomic E-state index is -0.220. The molecule has 0 bridgehead atoms. The zero-order valence-corrected chi connectivity index (χ0v) is 17.7. The van der Waals surface area contributed by atoms with Crippen molar-refractivity contribution in [2.45, 2.75) is 13.3 Å². The molecule has 0 spiro atoms. The molecule has 1 N–H and O–H groups in total. The predicted octanol–water partition coefficient (Wildman–Crippen LogP) is 7.18. The molecule has 5 aromatic rings. The number of aryl methyl sites for hydroxylation is 1. The summed E-state index contributed by atoms with van der Waals surface area (Å²) in [6.45, 7) is 2.11. The highest BCUT2D eigenvalue weighted by Crippen LogP contribution is 2.35. The lowest BCUT2D eigenvalue weighted by Gasteiger charge is -2.04. The molecule has 0 aliphatic carbocycles. The number of hydrogen-bond acceptors (Lipinski definition) is 4. The number of nitrogens with one attached hydrogen (secondary N) is 1. The molecule has 3 aromatic carbocycles. The van der Waals surface area contributed by atoms with Crippen molar-refractivity contribution in [3.05, 3.63) is 82.2 Å². The van der Waals surface area contributed by atoms with Gasteiger partial charge in [0.25, 0.3) is 5.91 Å². The maximum Gasteiger partial charge on any atom is 0.267 e. The molecule has 2 aromatic heterocycles. The van der Waals surface area contributed by atoms with Gasteiger partial charge in [-0.1, -0.05) is 42.8 Å². The number of aromatic nitrogens is 1. The number of rotatable bonds is 4. The Morgan fingerprint density at radius 3 is 2.67 bits per heavy atom. The molecule has 0 aliphatic heterocycles. The molecule has 0 fully saturated rings. The monoisotopic (exact) mass is 432 g/mol. The number of benzene rings is 3. The average Bonchev–Trinajstić information content (AvgIpc) is 3.35. The van der Waals surface area contributed by atoms with Crippen LogP contribution in [0.4, 0.5) is 5.69 Å². The number of thiophene rings is 1. The molecule has 0 unspecified atom stereocenters. The van der Waals surface area contributed by atoms with Crippen molar-refractivity contribution in [3.8, 4) is 11.5 Å². The Kier molecular flexibility index (Phi) is 4.77. The minimum Gasteiger partial charge on any atom is -0.436 e. The van der Waals surface area contributed by atoms with E-state index in [1.165, 1.54) is 16.9 Å². The molecule has 0 saturated carbocycles. The summed E-state index contributed by atoms with van der Waals surface area (Å²) in [5.41, 5.74) is 4.37. The minimum absolute atomic E-state index is 0.220. The molecule has 0 radical (unpaired) electrons. The summed E-state index contributed by atoms with van der Waals surface area (Å²) in [6.07, 6.45) is 0.955. The summed E-state index contributed by atoms with van der Waals surface area (Å²) in [5.74, 6) is 0.339.